The summed E-state index contributed by atoms with van der Waals surface area (Å²) in [7, 11) is 0. The van der Waals surface area contributed by atoms with Crippen LogP contribution in [0.4, 0.5) is 14.5 Å². The van der Waals surface area contributed by atoms with Crippen LogP contribution in [-0.4, -0.2) is 66.3 Å². The van der Waals surface area contributed by atoms with E-state index in [0.717, 1.165) is 29.6 Å². The van der Waals surface area contributed by atoms with Crippen LogP contribution in [0.25, 0.3) is 11.3 Å². The van der Waals surface area contributed by atoms with E-state index in [0.29, 0.717) is 0 Å². The molecular formula is C17H13F2N7O6. The largest absolute Gasteiger partial charge is 0.476 e. The molecule has 1 fully saturated rings. The number of ether oxygens (including phenoxy) is 1. The van der Waals surface area contributed by atoms with Gasteiger partial charge in [-0.15, -0.1) is 0 Å². The quantitative estimate of drug-likeness (QED) is 0.384. The van der Waals surface area contributed by atoms with Gasteiger partial charge < -0.3 is 19.7 Å². The summed E-state index contributed by atoms with van der Waals surface area (Å²) in [4.78, 5) is 58.7. The zero-order chi connectivity index (χ0) is 23.0. The van der Waals surface area contributed by atoms with Gasteiger partial charge in [0.15, 0.2) is 11.8 Å². The molecule has 3 aromatic heterocycles. The van der Waals surface area contributed by atoms with Gasteiger partial charge in [0.1, 0.15) is 5.69 Å². The molecule has 3 aromatic rings. The van der Waals surface area contributed by atoms with Gasteiger partial charge >= 0.3 is 17.6 Å². The molecule has 1 atom stereocenters. The maximum atomic E-state index is 14.6. The lowest BCUT2D eigenvalue weighted by Gasteiger charge is -2.17. The van der Waals surface area contributed by atoms with Crippen LogP contribution < -0.4 is 26.4 Å². The molecule has 0 aromatic carbocycles. The van der Waals surface area contributed by atoms with E-state index in [1.165, 1.54) is 0 Å². The minimum absolute atomic E-state index is 0.0556. The molecule has 1 aliphatic rings. The summed E-state index contributed by atoms with van der Waals surface area (Å²) in [6.07, 6.45) is 1.13. The Balaban J connectivity index is 1.60. The standard InChI is InChI=1S/C17H13F2N7O6/c18-17(19)6-26(5-11(17)32-12-4-20-9(3-21-12)15(29)30)10-1-8(24-25-14(10)28)7-2-22-16(31)23-13(7)27/h1-4,11H,5-6H2,(H,25,28)(H,29,30)(H2,22,23,27,31). The number of carbonyl (C=O) groups is 1. The highest BCUT2D eigenvalue weighted by Crippen LogP contribution is 2.33. The van der Waals surface area contributed by atoms with Gasteiger partial charge in [-0.2, -0.15) is 5.10 Å². The second kappa shape index (κ2) is 7.68. The summed E-state index contributed by atoms with van der Waals surface area (Å²) in [6, 6.07) is 1.14. The number of aromatic amines is 3. The number of aromatic carboxylic acids is 1. The molecule has 4 N–H and O–H groups in total. The Labute approximate surface area is 174 Å². The van der Waals surface area contributed by atoms with Crippen LogP contribution in [0.5, 0.6) is 5.88 Å². The number of anilines is 1. The number of hydrogen-bond acceptors (Lipinski definition) is 9. The maximum Gasteiger partial charge on any atom is 0.356 e. The molecular weight excluding hydrogens is 436 g/mol. The van der Waals surface area contributed by atoms with Gasteiger partial charge in [0.05, 0.1) is 36.7 Å². The molecule has 4 heterocycles. The second-order valence-electron chi connectivity index (χ2n) is 6.75. The van der Waals surface area contributed by atoms with Crippen LogP contribution in [0.15, 0.2) is 39.0 Å². The van der Waals surface area contributed by atoms with E-state index in [2.05, 4.69) is 25.1 Å². The molecule has 0 spiro atoms. The summed E-state index contributed by atoms with van der Waals surface area (Å²) in [5, 5.41) is 14.7. The molecule has 13 nitrogen and oxygen atoms in total. The summed E-state index contributed by atoms with van der Waals surface area (Å²) in [5.41, 5.74) is -3.03. The number of alkyl halides is 2. The monoisotopic (exact) mass is 449 g/mol. The van der Waals surface area contributed by atoms with E-state index in [1.807, 2.05) is 4.98 Å². The molecule has 0 radical (unpaired) electrons. The molecule has 1 saturated heterocycles. The minimum Gasteiger partial charge on any atom is -0.476 e. The fourth-order valence-corrected chi connectivity index (χ4v) is 3.06. The lowest BCUT2D eigenvalue weighted by atomic mass is 10.2. The Morgan fingerprint density at radius 2 is 2.00 bits per heavy atom. The maximum absolute atomic E-state index is 14.6. The molecule has 32 heavy (non-hydrogen) atoms. The molecule has 1 unspecified atom stereocenters. The fourth-order valence-electron chi connectivity index (χ4n) is 3.06. The average Bonchev–Trinajstić information content (AvgIpc) is 3.03. The molecule has 15 heteroatoms. The number of aromatic nitrogens is 6. The highest BCUT2D eigenvalue weighted by molar-refractivity contribution is 5.84. The Kier molecular flexibility index (Phi) is 5.00. The third kappa shape index (κ3) is 3.94. The third-order valence-electron chi connectivity index (χ3n) is 4.59. The van der Waals surface area contributed by atoms with E-state index < -0.39 is 47.9 Å². The molecule has 1 aliphatic heterocycles. The minimum atomic E-state index is -3.40. The van der Waals surface area contributed by atoms with Crippen LogP contribution in [0.3, 0.4) is 0 Å². The average molecular weight is 449 g/mol. The van der Waals surface area contributed by atoms with Crippen molar-refractivity contribution < 1.29 is 23.4 Å². The Morgan fingerprint density at radius 1 is 1.22 bits per heavy atom. The summed E-state index contributed by atoms with van der Waals surface area (Å²) >= 11 is 0. The van der Waals surface area contributed by atoms with Crippen LogP contribution in [0.2, 0.25) is 0 Å². The van der Waals surface area contributed by atoms with Gasteiger partial charge in [0.25, 0.3) is 11.1 Å². The van der Waals surface area contributed by atoms with Crippen LogP contribution in [0.1, 0.15) is 10.5 Å². The Morgan fingerprint density at radius 3 is 2.66 bits per heavy atom. The molecule has 0 aliphatic carbocycles. The van der Waals surface area contributed by atoms with E-state index in [-0.39, 0.29) is 28.5 Å². The number of nitrogens with zero attached hydrogens (tertiary/aromatic N) is 4. The third-order valence-corrected chi connectivity index (χ3v) is 4.59. The molecule has 0 amide bonds. The number of carboxylic acids is 1. The van der Waals surface area contributed by atoms with Gasteiger partial charge in [0, 0.05) is 6.20 Å². The van der Waals surface area contributed by atoms with Crippen LogP contribution in [0, 0.1) is 0 Å². The first-order valence-electron chi connectivity index (χ1n) is 8.91. The van der Waals surface area contributed by atoms with Crippen molar-refractivity contribution in [3.8, 4) is 17.1 Å². The first-order valence-corrected chi connectivity index (χ1v) is 8.91. The van der Waals surface area contributed by atoms with Gasteiger partial charge in [0.2, 0.25) is 5.88 Å². The van der Waals surface area contributed by atoms with Crippen LogP contribution in [-0.2, 0) is 0 Å². The highest BCUT2D eigenvalue weighted by Gasteiger charge is 2.51. The van der Waals surface area contributed by atoms with Crippen molar-refractivity contribution in [1.29, 1.82) is 0 Å². The van der Waals surface area contributed by atoms with Gasteiger partial charge in [-0.05, 0) is 6.07 Å². The second-order valence-corrected chi connectivity index (χ2v) is 6.75. The highest BCUT2D eigenvalue weighted by atomic mass is 19.3. The van der Waals surface area contributed by atoms with Crippen molar-refractivity contribution >= 4 is 11.7 Å². The van der Waals surface area contributed by atoms with Crippen molar-refractivity contribution in [3.05, 3.63) is 61.5 Å². The topological polar surface area (TPSA) is 187 Å². The fraction of sp³-hybridized carbons (Fsp3) is 0.235. The number of halogens is 2. The van der Waals surface area contributed by atoms with Crippen molar-refractivity contribution in [2.24, 2.45) is 0 Å². The SMILES string of the molecule is O=C(O)c1cnc(OC2CN(c3cc(-c4c[nH]c(=O)[nH]c4=O)n[nH]c3=O)CC2(F)F)cn1. The van der Waals surface area contributed by atoms with Crippen molar-refractivity contribution in [2.75, 3.05) is 18.0 Å². The number of carboxylic acid groups (broad SMARTS) is 1. The first kappa shape index (κ1) is 20.8. The first-order chi connectivity index (χ1) is 15.1. The lowest BCUT2D eigenvalue weighted by molar-refractivity contribution is -0.0610. The van der Waals surface area contributed by atoms with E-state index in [1.54, 1.807) is 0 Å². The normalized spacial score (nSPS) is 17.3. The van der Waals surface area contributed by atoms with Crippen molar-refractivity contribution in [3.63, 3.8) is 0 Å². The van der Waals surface area contributed by atoms with Gasteiger partial charge in [-0.1, -0.05) is 0 Å². The van der Waals surface area contributed by atoms with Crippen molar-refractivity contribution in [1.82, 2.24) is 30.1 Å². The summed E-state index contributed by atoms with van der Waals surface area (Å²) in [5.74, 6) is -5.06. The van der Waals surface area contributed by atoms with Crippen molar-refractivity contribution in [2.45, 2.75) is 12.0 Å². The Bertz CT molecular complexity index is 1350. The number of nitrogens with one attached hydrogen (secondary N) is 3. The number of H-pyrrole nitrogens is 3. The summed E-state index contributed by atoms with van der Waals surface area (Å²) in [6.45, 7) is -1.31. The molecule has 0 saturated carbocycles. The van der Waals surface area contributed by atoms with Gasteiger partial charge in [-0.3, -0.25) is 14.6 Å². The molecule has 4 rings (SSSR count). The summed E-state index contributed by atoms with van der Waals surface area (Å²) < 4.78 is 34.3. The van der Waals surface area contributed by atoms with E-state index >= 15 is 0 Å². The zero-order valence-corrected chi connectivity index (χ0v) is 15.8. The predicted molar refractivity (Wildman–Crippen MR) is 102 cm³/mol. The molecule has 0 bridgehead atoms. The Hall–Kier alpha value is -4.43. The number of rotatable bonds is 5. The van der Waals surface area contributed by atoms with Gasteiger partial charge in [-0.25, -0.2) is 33.4 Å². The lowest BCUT2D eigenvalue weighted by Crippen LogP contribution is -2.36. The van der Waals surface area contributed by atoms with E-state index in [9.17, 15) is 28.0 Å². The zero-order valence-electron chi connectivity index (χ0n) is 15.8. The predicted octanol–water partition coefficient (Wildman–Crippen LogP) is -0.795. The van der Waals surface area contributed by atoms with Crippen LogP contribution >= 0.6 is 0 Å². The number of hydrogen-bond donors (Lipinski definition) is 4. The smallest absolute Gasteiger partial charge is 0.356 e. The molecule has 166 valence electrons. The van der Waals surface area contributed by atoms with E-state index in [4.69, 9.17) is 9.84 Å².